The van der Waals surface area contributed by atoms with E-state index in [2.05, 4.69) is 10.6 Å². The van der Waals surface area contributed by atoms with Crippen molar-refractivity contribution in [3.63, 3.8) is 0 Å². The first-order valence-corrected chi connectivity index (χ1v) is 8.73. The Balaban J connectivity index is 2.21. The normalized spacial score (nSPS) is 11.0. The summed E-state index contributed by atoms with van der Waals surface area (Å²) in [6, 6.07) is 11.2. The van der Waals surface area contributed by atoms with Gasteiger partial charge in [0.1, 0.15) is 5.82 Å². The lowest BCUT2D eigenvalue weighted by atomic mass is 9.95. The lowest BCUT2D eigenvalue weighted by Crippen LogP contribution is -2.28. The first-order chi connectivity index (χ1) is 12.6. The van der Waals surface area contributed by atoms with Crippen molar-refractivity contribution in [3.8, 4) is 0 Å². The van der Waals surface area contributed by atoms with E-state index in [-0.39, 0.29) is 24.2 Å². The second-order valence-corrected chi connectivity index (χ2v) is 7.64. The number of nitrogens with zero attached hydrogens (tertiary/aromatic N) is 1. The minimum absolute atomic E-state index is 0.127. The fourth-order valence-corrected chi connectivity index (χ4v) is 2.38. The van der Waals surface area contributed by atoms with Gasteiger partial charge >= 0.3 is 0 Å². The van der Waals surface area contributed by atoms with E-state index in [1.165, 1.54) is 12.1 Å². The molecule has 27 heavy (non-hydrogen) atoms. The molecule has 0 aliphatic heterocycles. The topological polar surface area (TPSA) is 61.4 Å². The highest BCUT2D eigenvalue weighted by Gasteiger charge is 2.22. The number of nitrogens with one attached hydrogen (secondary N) is 2. The summed E-state index contributed by atoms with van der Waals surface area (Å²) >= 11 is 0. The summed E-state index contributed by atoms with van der Waals surface area (Å²) in [4.78, 5) is 26.8. The number of hydrogen-bond acceptors (Lipinski definition) is 3. The summed E-state index contributed by atoms with van der Waals surface area (Å²) in [6.07, 6.45) is 0. The molecule has 2 aromatic carbocycles. The van der Waals surface area contributed by atoms with Crippen LogP contribution < -0.4 is 15.5 Å². The molecule has 144 valence electrons. The molecule has 2 amide bonds. The van der Waals surface area contributed by atoms with Crippen molar-refractivity contribution in [1.82, 2.24) is 5.32 Å². The number of amides is 2. The molecule has 5 nitrogen and oxygen atoms in total. The van der Waals surface area contributed by atoms with Crippen LogP contribution in [0.1, 0.15) is 36.7 Å². The van der Waals surface area contributed by atoms with Crippen LogP contribution in [0.25, 0.3) is 0 Å². The SMILES string of the molecule is CN(C)c1ccc(NC(=O)C(C)(C)C)cc1C(=O)NCc1ccc(F)cc1. The van der Waals surface area contributed by atoms with Crippen LogP contribution in [0.5, 0.6) is 0 Å². The van der Waals surface area contributed by atoms with Crippen LogP contribution in [0.3, 0.4) is 0 Å². The molecule has 0 atom stereocenters. The predicted octanol–water partition coefficient (Wildman–Crippen LogP) is 3.81. The van der Waals surface area contributed by atoms with Crippen LogP contribution in [-0.2, 0) is 11.3 Å². The third-order valence-corrected chi connectivity index (χ3v) is 4.03. The van der Waals surface area contributed by atoms with Crippen molar-refractivity contribution >= 4 is 23.2 Å². The van der Waals surface area contributed by atoms with Crippen molar-refractivity contribution in [1.29, 1.82) is 0 Å². The number of carbonyl (C=O) groups excluding carboxylic acids is 2. The molecule has 0 saturated carbocycles. The van der Waals surface area contributed by atoms with Crippen LogP contribution in [0.15, 0.2) is 42.5 Å². The molecule has 0 heterocycles. The third kappa shape index (κ3) is 5.54. The first kappa shape index (κ1) is 20.4. The Bertz CT molecular complexity index is 824. The highest BCUT2D eigenvalue weighted by atomic mass is 19.1. The molecule has 0 bridgehead atoms. The molecule has 2 N–H and O–H groups in total. The summed E-state index contributed by atoms with van der Waals surface area (Å²) in [5.41, 5.74) is 2.01. The van der Waals surface area contributed by atoms with E-state index < -0.39 is 5.41 Å². The molecule has 0 saturated heterocycles. The van der Waals surface area contributed by atoms with Gasteiger partial charge in [0, 0.05) is 37.4 Å². The molecule has 2 aromatic rings. The summed E-state index contributed by atoms with van der Waals surface area (Å²) in [6.45, 7) is 5.76. The van der Waals surface area contributed by atoms with Crippen molar-refractivity contribution in [2.45, 2.75) is 27.3 Å². The van der Waals surface area contributed by atoms with Gasteiger partial charge in [0.15, 0.2) is 0 Å². The quantitative estimate of drug-likeness (QED) is 0.840. The van der Waals surface area contributed by atoms with Crippen LogP contribution >= 0.6 is 0 Å². The summed E-state index contributed by atoms with van der Waals surface area (Å²) < 4.78 is 13.0. The maximum absolute atomic E-state index is 13.0. The van der Waals surface area contributed by atoms with Gasteiger partial charge in [-0.2, -0.15) is 0 Å². The van der Waals surface area contributed by atoms with Gasteiger partial charge in [0.05, 0.1) is 5.56 Å². The Morgan fingerprint density at radius 3 is 2.22 bits per heavy atom. The van der Waals surface area contributed by atoms with Crippen molar-refractivity contribution < 1.29 is 14.0 Å². The Labute approximate surface area is 159 Å². The first-order valence-electron chi connectivity index (χ1n) is 8.73. The lowest BCUT2D eigenvalue weighted by molar-refractivity contribution is -0.123. The minimum atomic E-state index is -0.536. The maximum atomic E-state index is 13.0. The fraction of sp³-hybridized carbons (Fsp3) is 0.333. The van der Waals surface area contributed by atoms with Gasteiger partial charge in [-0.05, 0) is 35.9 Å². The lowest BCUT2D eigenvalue weighted by Gasteiger charge is -2.21. The van der Waals surface area contributed by atoms with Gasteiger partial charge < -0.3 is 15.5 Å². The molecular weight excluding hydrogens is 345 g/mol. The molecule has 0 aromatic heterocycles. The molecule has 0 fully saturated rings. The van der Waals surface area contributed by atoms with Gasteiger partial charge in [-0.1, -0.05) is 32.9 Å². The van der Waals surface area contributed by atoms with Crippen LogP contribution in [0.4, 0.5) is 15.8 Å². The molecule has 2 rings (SSSR count). The fourth-order valence-electron chi connectivity index (χ4n) is 2.38. The minimum Gasteiger partial charge on any atom is -0.377 e. The molecule has 0 aliphatic carbocycles. The second-order valence-electron chi connectivity index (χ2n) is 7.64. The van der Waals surface area contributed by atoms with Crippen molar-refractivity contribution in [3.05, 3.63) is 59.4 Å². The zero-order chi connectivity index (χ0) is 20.2. The van der Waals surface area contributed by atoms with E-state index >= 15 is 0 Å². The van der Waals surface area contributed by atoms with E-state index in [0.29, 0.717) is 11.3 Å². The van der Waals surface area contributed by atoms with Crippen molar-refractivity contribution in [2.24, 2.45) is 5.41 Å². The molecule has 0 radical (unpaired) electrons. The molecule has 0 unspecified atom stereocenters. The average molecular weight is 371 g/mol. The second kappa shape index (κ2) is 8.20. The average Bonchev–Trinajstić information content (AvgIpc) is 2.59. The van der Waals surface area contributed by atoms with Crippen molar-refractivity contribution in [2.75, 3.05) is 24.3 Å². The predicted molar refractivity (Wildman–Crippen MR) is 106 cm³/mol. The van der Waals surface area contributed by atoms with E-state index in [1.54, 1.807) is 30.3 Å². The van der Waals surface area contributed by atoms with Crippen LogP contribution in [0.2, 0.25) is 0 Å². The Morgan fingerprint density at radius 1 is 1.04 bits per heavy atom. The Morgan fingerprint density at radius 2 is 1.67 bits per heavy atom. The summed E-state index contributed by atoms with van der Waals surface area (Å²) in [7, 11) is 3.69. The van der Waals surface area contributed by atoms with Gasteiger partial charge in [0.25, 0.3) is 5.91 Å². The third-order valence-electron chi connectivity index (χ3n) is 4.03. The molecule has 6 heteroatoms. The van der Waals surface area contributed by atoms with E-state index in [1.807, 2.05) is 39.8 Å². The van der Waals surface area contributed by atoms with Gasteiger partial charge in [-0.3, -0.25) is 9.59 Å². The number of carbonyl (C=O) groups is 2. The van der Waals surface area contributed by atoms with E-state index in [9.17, 15) is 14.0 Å². The monoisotopic (exact) mass is 371 g/mol. The number of hydrogen-bond donors (Lipinski definition) is 2. The van der Waals surface area contributed by atoms with Gasteiger partial charge in [-0.25, -0.2) is 4.39 Å². The number of benzene rings is 2. The Kier molecular flexibility index (Phi) is 6.20. The molecular formula is C21H26FN3O2. The summed E-state index contributed by atoms with van der Waals surface area (Å²) in [5.74, 6) is -0.713. The van der Waals surface area contributed by atoms with Gasteiger partial charge in [0.2, 0.25) is 5.91 Å². The van der Waals surface area contributed by atoms with E-state index in [0.717, 1.165) is 11.3 Å². The number of rotatable bonds is 5. The molecule has 0 aliphatic rings. The highest BCUT2D eigenvalue weighted by Crippen LogP contribution is 2.25. The molecule has 0 spiro atoms. The standard InChI is InChI=1S/C21H26FN3O2/c1-21(2,3)20(27)24-16-10-11-18(25(4)5)17(12-16)19(26)23-13-14-6-8-15(22)9-7-14/h6-12H,13H2,1-5H3,(H,23,26)(H,24,27). The van der Waals surface area contributed by atoms with Crippen LogP contribution in [0, 0.1) is 11.2 Å². The smallest absolute Gasteiger partial charge is 0.253 e. The Hall–Kier alpha value is -2.89. The largest absolute Gasteiger partial charge is 0.377 e. The number of halogens is 1. The maximum Gasteiger partial charge on any atom is 0.253 e. The van der Waals surface area contributed by atoms with Crippen LogP contribution in [-0.4, -0.2) is 25.9 Å². The zero-order valence-corrected chi connectivity index (χ0v) is 16.4. The highest BCUT2D eigenvalue weighted by molar-refractivity contribution is 6.02. The van der Waals surface area contributed by atoms with Gasteiger partial charge in [-0.15, -0.1) is 0 Å². The number of anilines is 2. The zero-order valence-electron chi connectivity index (χ0n) is 16.4. The summed E-state index contributed by atoms with van der Waals surface area (Å²) in [5, 5.41) is 5.68. The van der Waals surface area contributed by atoms with E-state index in [4.69, 9.17) is 0 Å².